The van der Waals surface area contributed by atoms with Crippen LogP contribution < -0.4 is 9.64 Å². The molecule has 2 rings (SSSR count). The molecule has 3 heteroatoms. The van der Waals surface area contributed by atoms with Crippen LogP contribution in [0.2, 0.25) is 0 Å². The van der Waals surface area contributed by atoms with Gasteiger partial charge in [-0.1, -0.05) is 39.2 Å². The van der Waals surface area contributed by atoms with Crippen LogP contribution in [0.1, 0.15) is 71.3 Å². The predicted octanol–water partition coefficient (Wildman–Crippen LogP) is 5.07. The number of carbonyl (C=O) groups excluding carboxylic acids is 1. The van der Waals surface area contributed by atoms with Crippen molar-refractivity contribution in [2.24, 2.45) is 0 Å². The minimum absolute atomic E-state index is 0.126. The molecule has 0 aliphatic heterocycles. The number of rotatable bonds is 8. The number of unbranched alkanes of at least 4 members (excludes halogenated alkanes) is 2. The number of hydrogen-bond acceptors (Lipinski definition) is 2. The van der Waals surface area contributed by atoms with Crippen LogP contribution in [-0.2, 0) is 10.2 Å². The van der Waals surface area contributed by atoms with Crippen molar-refractivity contribution in [1.29, 1.82) is 0 Å². The van der Waals surface area contributed by atoms with E-state index in [1.807, 2.05) is 11.0 Å². The first-order chi connectivity index (χ1) is 11.1. The predicted molar refractivity (Wildman–Crippen MR) is 96.4 cm³/mol. The number of nitrogens with zero attached hydrogens (tertiary/aromatic N) is 1. The second-order valence-electron chi connectivity index (χ2n) is 6.75. The number of amides is 1. The van der Waals surface area contributed by atoms with Crippen LogP contribution in [0.3, 0.4) is 0 Å². The highest BCUT2D eigenvalue weighted by Gasteiger charge is 2.39. The van der Waals surface area contributed by atoms with Gasteiger partial charge in [-0.3, -0.25) is 4.79 Å². The second-order valence-corrected chi connectivity index (χ2v) is 6.75. The zero-order valence-corrected chi connectivity index (χ0v) is 15.2. The quantitative estimate of drug-likeness (QED) is 0.626. The Labute approximate surface area is 141 Å². The lowest BCUT2D eigenvalue weighted by Crippen LogP contribution is -2.38. The summed E-state index contributed by atoms with van der Waals surface area (Å²) in [6.45, 7) is 6.93. The summed E-state index contributed by atoms with van der Waals surface area (Å²) < 4.78 is 5.43. The zero-order valence-electron chi connectivity index (χ0n) is 15.2. The Morgan fingerprint density at radius 1 is 1.26 bits per heavy atom. The van der Waals surface area contributed by atoms with Gasteiger partial charge in [-0.2, -0.15) is 0 Å². The highest BCUT2D eigenvalue weighted by molar-refractivity contribution is 5.93. The first-order valence-corrected chi connectivity index (χ1v) is 9.04. The topological polar surface area (TPSA) is 29.5 Å². The minimum atomic E-state index is 0.126. The molecular formula is C20H31NO2. The number of anilines is 1. The normalized spacial score (nSPS) is 15.8. The fraction of sp³-hybridized carbons (Fsp3) is 0.650. The third-order valence-electron chi connectivity index (χ3n) is 5.42. The van der Waals surface area contributed by atoms with Gasteiger partial charge in [0.05, 0.1) is 12.8 Å². The standard InChI is InChI=1S/C20H31NO2/c1-5-7-8-14-21(16(3)22)19-15-17(23-4)10-11-18(19)20(6-2)12-9-13-20/h10-11,15H,5-9,12-14H2,1-4H3. The van der Waals surface area contributed by atoms with Gasteiger partial charge in [-0.15, -0.1) is 0 Å². The van der Waals surface area contributed by atoms with E-state index in [9.17, 15) is 4.79 Å². The van der Waals surface area contributed by atoms with Crippen LogP contribution in [-0.4, -0.2) is 19.6 Å². The Morgan fingerprint density at radius 3 is 2.48 bits per heavy atom. The zero-order chi connectivity index (χ0) is 16.9. The molecule has 1 aromatic rings. The van der Waals surface area contributed by atoms with Crippen LogP contribution in [0.4, 0.5) is 5.69 Å². The minimum Gasteiger partial charge on any atom is -0.497 e. The van der Waals surface area contributed by atoms with Gasteiger partial charge in [0.1, 0.15) is 5.75 Å². The Morgan fingerprint density at radius 2 is 2.00 bits per heavy atom. The van der Waals surface area contributed by atoms with E-state index in [0.29, 0.717) is 0 Å². The van der Waals surface area contributed by atoms with E-state index in [1.165, 1.54) is 24.8 Å². The summed E-state index contributed by atoms with van der Waals surface area (Å²) in [4.78, 5) is 14.3. The van der Waals surface area contributed by atoms with Crippen molar-refractivity contribution in [1.82, 2.24) is 0 Å². The molecule has 0 atom stereocenters. The van der Waals surface area contributed by atoms with E-state index in [4.69, 9.17) is 4.74 Å². The van der Waals surface area contributed by atoms with Gasteiger partial charge in [0.25, 0.3) is 0 Å². The van der Waals surface area contributed by atoms with E-state index >= 15 is 0 Å². The van der Waals surface area contributed by atoms with E-state index in [0.717, 1.165) is 43.7 Å². The average Bonchev–Trinajstić information content (AvgIpc) is 2.51. The fourth-order valence-electron chi connectivity index (χ4n) is 3.69. The molecule has 1 saturated carbocycles. The first kappa shape index (κ1) is 17.8. The van der Waals surface area contributed by atoms with Gasteiger partial charge in [0.15, 0.2) is 0 Å². The van der Waals surface area contributed by atoms with E-state index in [2.05, 4.69) is 26.0 Å². The number of methoxy groups -OCH3 is 1. The number of ether oxygens (including phenoxy) is 1. The maximum absolute atomic E-state index is 12.3. The summed E-state index contributed by atoms with van der Waals surface area (Å²) in [5.74, 6) is 0.956. The van der Waals surface area contributed by atoms with Gasteiger partial charge in [-0.25, -0.2) is 0 Å². The molecule has 0 spiro atoms. The Hall–Kier alpha value is -1.51. The summed E-state index contributed by atoms with van der Waals surface area (Å²) >= 11 is 0. The maximum Gasteiger partial charge on any atom is 0.223 e. The van der Waals surface area contributed by atoms with Gasteiger partial charge in [0, 0.05) is 19.5 Å². The van der Waals surface area contributed by atoms with Crippen molar-refractivity contribution < 1.29 is 9.53 Å². The molecule has 0 aromatic heterocycles. The average molecular weight is 317 g/mol. The molecule has 1 aliphatic rings. The molecule has 0 heterocycles. The van der Waals surface area contributed by atoms with Crippen molar-refractivity contribution in [3.05, 3.63) is 23.8 Å². The molecule has 1 aromatic carbocycles. The summed E-state index contributed by atoms with van der Waals surface area (Å²) in [5.41, 5.74) is 2.65. The molecule has 1 amide bonds. The molecule has 0 N–H and O–H groups in total. The Balaban J connectivity index is 2.41. The number of benzene rings is 1. The van der Waals surface area contributed by atoms with Gasteiger partial charge in [0.2, 0.25) is 5.91 Å². The van der Waals surface area contributed by atoms with Crippen molar-refractivity contribution >= 4 is 11.6 Å². The Bertz CT molecular complexity index is 529. The summed E-state index contributed by atoms with van der Waals surface area (Å²) in [6, 6.07) is 6.28. The van der Waals surface area contributed by atoms with E-state index in [-0.39, 0.29) is 11.3 Å². The highest BCUT2D eigenvalue weighted by Crippen LogP contribution is 2.50. The SMILES string of the molecule is CCCCCN(C(C)=O)c1cc(OC)ccc1C1(CC)CCC1. The van der Waals surface area contributed by atoms with E-state index < -0.39 is 0 Å². The van der Waals surface area contributed by atoms with Crippen molar-refractivity contribution in [2.75, 3.05) is 18.6 Å². The van der Waals surface area contributed by atoms with Crippen LogP contribution in [0.5, 0.6) is 5.75 Å². The lowest BCUT2D eigenvalue weighted by atomic mass is 9.62. The highest BCUT2D eigenvalue weighted by atomic mass is 16.5. The summed E-state index contributed by atoms with van der Waals surface area (Å²) in [7, 11) is 1.69. The van der Waals surface area contributed by atoms with E-state index in [1.54, 1.807) is 14.0 Å². The Kier molecular flexibility index (Phi) is 6.09. The largest absolute Gasteiger partial charge is 0.497 e. The lowest BCUT2D eigenvalue weighted by Gasteiger charge is -2.44. The molecule has 3 nitrogen and oxygen atoms in total. The molecule has 0 unspecified atom stereocenters. The summed E-state index contributed by atoms with van der Waals surface area (Å²) in [5, 5.41) is 0. The van der Waals surface area contributed by atoms with Gasteiger partial charge >= 0.3 is 0 Å². The van der Waals surface area contributed by atoms with Crippen LogP contribution >= 0.6 is 0 Å². The second kappa shape index (κ2) is 7.85. The van der Waals surface area contributed by atoms with Gasteiger partial charge in [-0.05, 0) is 42.7 Å². The monoisotopic (exact) mass is 317 g/mol. The van der Waals surface area contributed by atoms with Crippen LogP contribution in [0.15, 0.2) is 18.2 Å². The number of carbonyl (C=O) groups is 1. The first-order valence-electron chi connectivity index (χ1n) is 9.04. The lowest BCUT2D eigenvalue weighted by molar-refractivity contribution is -0.116. The molecule has 128 valence electrons. The maximum atomic E-state index is 12.3. The van der Waals surface area contributed by atoms with Crippen molar-refractivity contribution in [2.45, 2.75) is 71.1 Å². The number of hydrogen-bond donors (Lipinski definition) is 0. The van der Waals surface area contributed by atoms with Gasteiger partial charge < -0.3 is 9.64 Å². The summed E-state index contributed by atoms with van der Waals surface area (Å²) in [6.07, 6.45) is 8.23. The molecule has 1 aliphatic carbocycles. The third-order valence-corrected chi connectivity index (χ3v) is 5.42. The molecule has 1 fully saturated rings. The van der Waals surface area contributed by atoms with Crippen LogP contribution in [0.25, 0.3) is 0 Å². The fourth-order valence-corrected chi connectivity index (χ4v) is 3.69. The molecular weight excluding hydrogens is 286 g/mol. The molecule has 23 heavy (non-hydrogen) atoms. The van der Waals surface area contributed by atoms with Crippen molar-refractivity contribution in [3.63, 3.8) is 0 Å². The van der Waals surface area contributed by atoms with Crippen molar-refractivity contribution in [3.8, 4) is 5.75 Å². The molecule has 0 bridgehead atoms. The molecule has 0 radical (unpaired) electrons. The van der Waals surface area contributed by atoms with Crippen LogP contribution in [0, 0.1) is 0 Å². The molecule has 0 saturated heterocycles. The smallest absolute Gasteiger partial charge is 0.223 e. The third kappa shape index (κ3) is 3.70.